The van der Waals surface area contributed by atoms with Crippen molar-refractivity contribution in [2.24, 2.45) is 0 Å². The largest absolute Gasteiger partial charge is 0.309 e. The predicted octanol–water partition coefficient (Wildman–Crippen LogP) is 13.4. The highest BCUT2D eigenvalue weighted by atomic mass is 15.1. The predicted molar refractivity (Wildman–Crippen MR) is 213 cm³/mol. The van der Waals surface area contributed by atoms with E-state index in [0.29, 0.717) is 0 Å². The van der Waals surface area contributed by atoms with E-state index in [0.717, 1.165) is 22.7 Å². The Labute approximate surface area is 290 Å². The van der Waals surface area contributed by atoms with Crippen molar-refractivity contribution < 1.29 is 0 Å². The first-order chi connectivity index (χ1) is 24.8. The summed E-state index contributed by atoms with van der Waals surface area (Å²) in [6.45, 7) is 0. The molecular formula is C48H32N2. The molecule has 1 aromatic heterocycles. The number of benzene rings is 9. The number of hydrogen-bond donors (Lipinski definition) is 0. The number of anilines is 3. The first-order valence-corrected chi connectivity index (χ1v) is 17.2. The van der Waals surface area contributed by atoms with Crippen LogP contribution < -0.4 is 4.90 Å². The Bertz CT molecular complexity index is 2870. The molecule has 0 aliphatic carbocycles. The fourth-order valence-corrected chi connectivity index (χ4v) is 7.95. The number of aromatic nitrogens is 1. The Morgan fingerprint density at radius 2 is 0.940 bits per heavy atom. The summed E-state index contributed by atoms with van der Waals surface area (Å²) in [5, 5.41) is 9.94. The van der Waals surface area contributed by atoms with Gasteiger partial charge in [0.25, 0.3) is 0 Å². The van der Waals surface area contributed by atoms with Gasteiger partial charge < -0.3 is 9.47 Å². The van der Waals surface area contributed by atoms with Crippen molar-refractivity contribution in [1.29, 1.82) is 0 Å². The lowest BCUT2D eigenvalue weighted by Crippen LogP contribution is -2.11. The molecule has 0 atom stereocenters. The molecule has 50 heavy (non-hydrogen) atoms. The minimum Gasteiger partial charge on any atom is -0.309 e. The lowest BCUT2D eigenvalue weighted by Gasteiger charge is -2.29. The summed E-state index contributed by atoms with van der Waals surface area (Å²) < 4.78 is 2.40. The molecule has 0 amide bonds. The fourth-order valence-electron chi connectivity index (χ4n) is 7.95. The highest BCUT2D eigenvalue weighted by Crippen LogP contribution is 2.47. The molecule has 0 N–H and O–H groups in total. The molecular weight excluding hydrogens is 605 g/mol. The Morgan fingerprint density at radius 3 is 1.80 bits per heavy atom. The molecule has 234 valence electrons. The summed E-state index contributed by atoms with van der Waals surface area (Å²) in [7, 11) is 0. The third-order valence-electron chi connectivity index (χ3n) is 10.1. The third-order valence-corrected chi connectivity index (χ3v) is 10.1. The number of nitrogens with zero attached hydrogens (tertiary/aromatic N) is 2. The molecule has 0 fully saturated rings. The second-order valence-electron chi connectivity index (χ2n) is 12.9. The Hall–Kier alpha value is -6.64. The molecule has 2 nitrogen and oxygen atoms in total. The molecule has 9 aromatic carbocycles. The lowest BCUT2D eigenvalue weighted by molar-refractivity contribution is 1.18. The molecule has 1 heterocycles. The molecule has 0 unspecified atom stereocenters. The minimum atomic E-state index is 1.11. The topological polar surface area (TPSA) is 8.17 Å². The van der Waals surface area contributed by atoms with Gasteiger partial charge in [-0.3, -0.25) is 0 Å². The van der Waals surface area contributed by atoms with Crippen LogP contribution in [0, 0.1) is 0 Å². The van der Waals surface area contributed by atoms with Crippen molar-refractivity contribution >= 4 is 71.2 Å². The van der Waals surface area contributed by atoms with Crippen LogP contribution in [0.4, 0.5) is 17.1 Å². The van der Waals surface area contributed by atoms with Gasteiger partial charge in [0.1, 0.15) is 0 Å². The lowest BCUT2D eigenvalue weighted by atomic mass is 9.95. The summed E-state index contributed by atoms with van der Waals surface area (Å²) in [5.74, 6) is 0. The van der Waals surface area contributed by atoms with Gasteiger partial charge in [-0.1, -0.05) is 146 Å². The van der Waals surface area contributed by atoms with Crippen molar-refractivity contribution in [3.63, 3.8) is 0 Å². The van der Waals surface area contributed by atoms with Crippen LogP contribution in [0.3, 0.4) is 0 Å². The maximum atomic E-state index is 2.49. The number of para-hydroxylation sites is 2. The van der Waals surface area contributed by atoms with E-state index in [9.17, 15) is 0 Å². The molecule has 0 saturated heterocycles. The van der Waals surface area contributed by atoms with Crippen LogP contribution in [0.5, 0.6) is 0 Å². The maximum Gasteiger partial charge on any atom is 0.0562 e. The number of hydrogen-bond acceptors (Lipinski definition) is 1. The Kier molecular flexibility index (Phi) is 6.53. The van der Waals surface area contributed by atoms with Gasteiger partial charge in [0.2, 0.25) is 0 Å². The average molecular weight is 637 g/mol. The monoisotopic (exact) mass is 636 g/mol. The van der Waals surface area contributed by atoms with E-state index < -0.39 is 0 Å². The standard InChI is InChI=1S/C48H32N2/c1-3-14-33(15-4-1)36-18-11-21-38(32-36)50(44-25-12-17-35-29-30-40-39-22-8-7-16-34(39)28-31-41(40)47(35)44)46-27-13-26-45-48(46)42-23-9-10-24-43(42)49(45)37-19-5-2-6-20-37/h1-32H. The Morgan fingerprint density at radius 1 is 0.340 bits per heavy atom. The van der Waals surface area contributed by atoms with Gasteiger partial charge in [0.15, 0.2) is 0 Å². The zero-order chi connectivity index (χ0) is 33.0. The Balaban J connectivity index is 1.34. The zero-order valence-electron chi connectivity index (χ0n) is 27.4. The second-order valence-corrected chi connectivity index (χ2v) is 12.9. The molecule has 0 bridgehead atoms. The van der Waals surface area contributed by atoms with Crippen LogP contribution in [-0.4, -0.2) is 4.57 Å². The molecule has 10 aromatic rings. The SMILES string of the molecule is c1ccc(-c2cccc(N(c3cccc4ccc5c6ccccc6ccc5c34)c3cccc4c3c3ccccc3n4-c3ccccc3)c2)cc1. The smallest absolute Gasteiger partial charge is 0.0562 e. The van der Waals surface area contributed by atoms with E-state index in [4.69, 9.17) is 0 Å². The zero-order valence-corrected chi connectivity index (χ0v) is 27.4. The van der Waals surface area contributed by atoms with Crippen molar-refractivity contribution in [3.8, 4) is 16.8 Å². The summed E-state index contributed by atoms with van der Waals surface area (Å²) in [6, 6.07) is 70.5. The quantitative estimate of drug-likeness (QED) is 0.171. The molecule has 10 rings (SSSR count). The highest BCUT2D eigenvalue weighted by Gasteiger charge is 2.23. The summed E-state index contributed by atoms with van der Waals surface area (Å²) in [5.41, 5.74) is 9.30. The van der Waals surface area contributed by atoms with Crippen molar-refractivity contribution in [3.05, 3.63) is 194 Å². The van der Waals surface area contributed by atoms with Gasteiger partial charge in [-0.25, -0.2) is 0 Å². The van der Waals surface area contributed by atoms with Gasteiger partial charge in [-0.15, -0.1) is 0 Å². The molecule has 0 aliphatic rings. The molecule has 0 aliphatic heterocycles. The van der Waals surface area contributed by atoms with E-state index in [1.807, 2.05) is 0 Å². The van der Waals surface area contributed by atoms with Crippen LogP contribution in [-0.2, 0) is 0 Å². The van der Waals surface area contributed by atoms with Crippen LogP contribution in [0.15, 0.2) is 194 Å². The first kappa shape index (κ1) is 28.4. The van der Waals surface area contributed by atoms with Crippen LogP contribution >= 0.6 is 0 Å². The number of rotatable bonds is 5. The second kappa shape index (κ2) is 11.5. The summed E-state index contributed by atoms with van der Waals surface area (Å²) >= 11 is 0. The van der Waals surface area contributed by atoms with Gasteiger partial charge in [-0.2, -0.15) is 0 Å². The molecule has 0 radical (unpaired) electrons. The maximum absolute atomic E-state index is 2.49. The van der Waals surface area contributed by atoms with E-state index in [-0.39, 0.29) is 0 Å². The van der Waals surface area contributed by atoms with Gasteiger partial charge in [-0.05, 0) is 86.6 Å². The number of fused-ring (bicyclic) bond motifs is 8. The third kappa shape index (κ3) is 4.43. The van der Waals surface area contributed by atoms with Gasteiger partial charge in [0, 0.05) is 27.5 Å². The minimum absolute atomic E-state index is 1.11. The average Bonchev–Trinajstić information content (AvgIpc) is 3.53. The van der Waals surface area contributed by atoms with Gasteiger partial charge >= 0.3 is 0 Å². The van der Waals surface area contributed by atoms with Crippen LogP contribution in [0.2, 0.25) is 0 Å². The van der Waals surface area contributed by atoms with Crippen molar-refractivity contribution in [2.45, 2.75) is 0 Å². The summed E-state index contributed by atoms with van der Waals surface area (Å²) in [4.78, 5) is 2.49. The molecule has 2 heteroatoms. The van der Waals surface area contributed by atoms with Crippen LogP contribution in [0.25, 0.3) is 70.9 Å². The first-order valence-electron chi connectivity index (χ1n) is 17.2. The van der Waals surface area contributed by atoms with E-state index >= 15 is 0 Å². The highest BCUT2D eigenvalue weighted by molar-refractivity contribution is 6.23. The van der Waals surface area contributed by atoms with Crippen LogP contribution in [0.1, 0.15) is 0 Å². The normalized spacial score (nSPS) is 11.6. The van der Waals surface area contributed by atoms with Gasteiger partial charge in [0.05, 0.1) is 22.4 Å². The van der Waals surface area contributed by atoms with E-state index in [1.165, 1.54) is 65.3 Å². The summed E-state index contributed by atoms with van der Waals surface area (Å²) in [6.07, 6.45) is 0. The van der Waals surface area contributed by atoms with E-state index in [1.54, 1.807) is 0 Å². The molecule has 0 saturated carbocycles. The van der Waals surface area contributed by atoms with E-state index in [2.05, 4.69) is 204 Å². The fraction of sp³-hybridized carbons (Fsp3) is 0. The van der Waals surface area contributed by atoms with Crippen molar-refractivity contribution in [1.82, 2.24) is 4.57 Å². The van der Waals surface area contributed by atoms with Crippen molar-refractivity contribution in [2.75, 3.05) is 4.90 Å². The molecule has 0 spiro atoms.